The van der Waals surface area contributed by atoms with Gasteiger partial charge in [0.25, 0.3) is 16.6 Å². The van der Waals surface area contributed by atoms with Crippen LogP contribution in [0.4, 0.5) is 11.4 Å². The summed E-state index contributed by atoms with van der Waals surface area (Å²) in [5.74, 6) is -2.73. The van der Waals surface area contributed by atoms with Crippen molar-refractivity contribution in [1.29, 1.82) is 0 Å². The molecular weight excluding hydrogens is 588 g/mol. The number of azide groups is 1. The summed E-state index contributed by atoms with van der Waals surface area (Å²) >= 11 is 0. The van der Waals surface area contributed by atoms with Crippen molar-refractivity contribution in [3.05, 3.63) is 30.9 Å². The van der Waals surface area contributed by atoms with Crippen molar-refractivity contribution < 1.29 is 49.3 Å². The maximum Gasteiger partial charge on any atom is 0.364 e. The number of carbonyl (C=O) groups is 2. The second kappa shape index (κ2) is 18.1. The van der Waals surface area contributed by atoms with Crippen LogP contribution < -0.4 is 26.8 Å². The summed E-state index contributed by atoms with van der Waals surface area (Å²) in [6.45, 7) is -0.649. The Balaban J connectivity index is 1.89. The van der Waals surface area contributed by atoms with Crippen molar-refractivity contribution >= 4 is 23.3 Å². The van der Waals surface area contributed by atoms with Crippen LogP contribution in [0.3, 0.4) is 0 Å². The topological polar surface area (TPSA) is 282 Å². The number of terminal acetylenes is 1. The molecule has 0 spiro atoms. The molecule has 1 aliphatic heterocycles. The molecule has 0 saturated carbocycles. The van der Waals surface area contributed by atoms with E-state index in [1.165, 1.54) is 0 Å². The summed E-state index contributed by atoms with van der Waals surface area (Å²) in [4.78, 5) is 50.2. The minimum absolute atomic E-state index is 0.134. The van der Waals surface area contributed by atoms with Crippen molar-refractivity contribution in [2.45, 2.75) is 68.3 Å². The Morgan fingerprint density at radius 3 is 2.41 bits per heavy atom. The molecule has 44 heavy (non-hydrogen) atoms. The van der Waals surface area contributed by atoms with Crippen LogP contribution in [-0.2, 0) is 23.8 Å². The quantitative estimate of drug-likeness (QED) is 0.0179. The van der Waals surface area contributed by atoms with Gasteiger partial charge in [0.2, 0.25) is 5.91 Å². The number of nitrogens with zero attached hydrogens (tertiary/aromatic N) is 3. The first-order valence-electron chi connectivity index (χ1n) is 13.9. The van der Waals surface area contributed by atoms with Gasteiger partial charge < -0.3 is 55.7 Å². The lowest BCUT2D eigenvalue weighted by Gasteiger charge is -2.46. The number of aliphatic carboxylic acids is 1. The maximum atomic E-state index is 12.2. The molecule has 18 nitrogen and oxygen atoms in total. The fourth-order valence-electron chi connectivity index (χ4n) is 4.53. The second-order valence-electron chi connectivity index (χ2n) is 9.92. The first kappa shape index (κ1) is 36.4. The molecule has 1 fully saturated rings. The van der Waals surface area contributed by atoms with E-state index in [-0.39, 0.29) is 31.2 Å². The van der Waals surface area contributed by atoms with Gasteiger partial charge in [-0.25, -0.2) is 4.79 Å². The van der Waals surface area contributed by atoms with Gasteiger partial charge in [0.15, 0.2) is 0 Å². The van der Waals surface area contributed by atoms with Crippen LogP contribution in [0.5, 0.6) is 0 Å². The highest BCUT2D eigenvalue weighted by Crippen LogP contribution is 2.34. The van der Waals surface area contributed by atoms with E-state index < -0.39 is 78.6 Å². The molecule has 1 saturated heterocycles. The minimum atomic E-state index is -2.45. The fraction of sp³-hybridized carbons (Fsp3) is 0.692. The van der Waals surface area contributed by atoms with Gasteiger partial charge >= 0.3 is 5.97 Å². The molecule has 1 aromatic rings. The molecule has 1 aromatic carbocycles. The number of carboxylic acids is 1. The first-order chi connectivity index (χ1) is 21.0. The number of unbranched alkanes of at least 4 members (excludes halogenated alkanes) is 3. The Labute approximate surface area is 251 Å². The summed E-state index contributed by atoms with van der Waals surface area (Å²) in [6, 6.07) is -1.44. The van der Waals surface area contributed by atoms with Crippen molar-refractivity contribution in [2.75, 3.05) is 56.7 Å². The molecular formula is C26H38N6O12. The third kappa shape index (κ3) is 9.87. The van der Waals surface area contributed by atoms with Crippen LogP contribution in [0.1, 0.15) is 32.1 Å². The average Bonchev–Trinajstić information content (AvgIpc) is 3.01. The van der Waals surface area contributed by atoms with E-state index in [4.69, 9.17) is 31.3 Å². The standard InChI is InChI=1S/C26H38N6O12/c1-2-9-42-11-8-29-20-19(22(38)23(20)39)28-7-5-3-4-6-10-43-26(25(40)41)12-15(34)18(31-17(36)14-33)24(44-26)21(37)16(35)13-30-32-27/h1,15-16,18,21,24,28-29,33-35,37H,3-14H2,(H,31,36)(H,40,41)/t15-,16+,18+,21+,24+,26+/m0/s1. The number of ether oxygens (including phenoxy) is 3. The normalized spacial score (nSPS) is 22.8. The number of hydrogen-bond acceptors (Lipinski definition) is 14. The van der Waals surface area contributed by atoms with Gasteiger partial charge in [0.1, 0.15) is 36.8 Å². The number of aliphatic hydroxyl groups is 4. The molecule has 6 atom stereocenters. The molecule has 0 aromatic heterocycles. The number of nitrogens with one attached hydrogen (secondary N) is 3. The summed E-state index contributed by atoms with van der Waals surface area (Å²) in [5, 5.41) is 61.7. The third-order valence-corrected chi connectivity index (χ3v) is 6.78. The predicted octanol–water partition coefficient (Wildman–Crippen LogP) is -2.23. The minimum Gasteiger partial charge on any atom is -0.477 e. The van der Waals surface area contributed by atoms with E-state index in [2.05, 4.69) is 31.9 Å². The Morgan fingerprint density at radius 1 is 1.14 bits per heavy atom. The number of carboxylic acid groups (broad SMARTS) is 1. The van der Waals surface area contributed by atoms with Crippen LogP contribution in [0.25, 0.3) is 10.4 Å². The second-order valence-corrected chi connectivity index (χ2v) is 9.92. The molecule has 0 unspecified atom stereocenters. The van der Waals surface area contributed by atoms with E-state index in [0.29, 0.717) is 38.8 Å². The Bertz CT molecular complexity index is 1260. The predicted molar refractivity (Wildman–Crippen MR) is 153 cm³/mol. The lowest BCUT2D eigenvalue weighted by Crippen LogP contribution is -2.68. The van der Waals surface area contributed by atoms with Gasteiger partial charge in [0.05, 0.1) is 38.0 Å². The van der Waals surface area contributed by atoms with E-state index in [1.807, 2.05) is 0 Å². The Hall–Kier alpha value is -3.79. The molecule has 2 rings (SSSR count). The van der Waals surface area contributed by atoms with Crippen LogP contribution in [0.15, 0.2) is 14.7 Å². The van der Waals surface area contributed by atoms with E-state index in [9.17, 15) is 39.6 Å². The highest BCUT2D eigenvalue weighted by molar-refractivity contribution is 5.78. The zero-order chi connectivity index (χ0) is 32.7. The fourth-order valence-corrected chi connectivity index (χ4v) is 4.53. The van der Waals surface area contributed by atoms with Crippen LogP contribution in [0, 0.1) is 12.3 Å². The molecule has 0 aliphatic carbocycles. The van der Waals surface area contributed by atoms with Crippen molar-refractivity contribution in [2.24, 2.45) is 5.11 Å². The number of anilines is 2. The van der Waals surface area contributed by atoms with Gasteiger partial charge in [-0.3, -0.25) is 14.4 Å². The van der Waals surface area contributed by atoms with Crippen LogP contribution in [0.2, 0.25) is 0 Å². The number of carbonyl (C=O) groups excluding carboxylic acids is 1. The lowest BCUT2D eigenvalue weighted by molar-refractivity contribution is -0.310. The maximum absolute atomic E-state index is 12.2. The summed E-state index contributed by atoms with van der Waals surface area (Å²) in [6.07, 6.45) is -0.461. The van der Waals surface area contributed by atoms with Gasteiger partial charge in [-0.15, -0.1) is 6.42 Å². The molecule has 0 bridgehead atoms. The Morgan fingerprint density at radius 2 is 1.80 bits per heavy atom. The van der Waals surface area contributed by atoms with Gasteiger partial charge in [-0.2, -0.15) is 0 Å². The van der Waals surface area contributed by atoms with E-state index in [1.54, 1.807) is 0 Å². The van der Waals surface area contributed by atoms with Gasteiger partial charge in [0, 0.05) is 24.4 Å². The molecule has 244 valence electrons. The first-order valence-corrected chi connectivity index (χ1v) is 13.9. The molecule has 0 radical (unpaired) electrons. The largest absolute Gasteiger partial charge is 0.477 e. The highest BCUT2D eigenvalue weighted by atomic mass is 16.7. The van der Waals surface area contributed by atoms with Crippen LogP contribution >= 0.6 is 0 Å². The molecule has 1 heterocycles. The zero-order valence-electron chi connectivity index (χ0n) is 23.9. The Kier molecular flexibility index (Phi) is 15.0. The monoisotopic (exact) mass is 626 g/mol. The summed E-state index contributed by atoms with van der Waals surface area (Å²) < 4.78 is 16.2. The average molecular weight is 627 g/mol. The van der Waals surface area contributed by atoms with Crippen molar-refractivity contribution in [1.82, 2.24) is 5.32 Å². The van der Waals surface area contributed by atoms with Crippen molar-refractivity contribution in [3.8, 4) is 12.3 Å². The lowest BCUT2D eigenvalue weighted by atomic mass is 9.88. The van der Waals surface area contributed by atoms with Gasteiger partial charge in [-0.05, 0) is 18.4 Å². The van der Waals surface area contributed by atoms with Gasteiger partial charge in [-0.1, -0.05) is 23.9 Å². The zero-order valence-corrected chi connectivity index (χ0v) is 23.9. The number of amides is 1. The molecule has 8 N–H and O–H groups in total. The molecule has 1 amide bonds. The summed E-state index contributed by atoms with van der Waals surface area (Å²) in [7, 11) is 0. The van der Waals surface area contributed by atoms with Crippen LogP contribution in [-0.4, -0.2) is 120 Å². The smallest absolute Gasteiger partial charge is 0.364 e. The highest BCUT2D eigenvalue weighted by Gasteiger charge is 2.55. The van der Waals surface area contributed by atoms with Crippen molar-refractivity contribution in [3.63, 3.8) is 0 Å². The number of aliphatic hydroxyl groups excluding tert-OH is 4. The number of rotatable bonds is 21. The van der Waals surface area contributed by atoms with E-state index in [0.717, 1.165) is 0 Å². The molecule has 18 heteroatoms. The molecule has 1 aliphatic rings. The summed E-state index contributed by atoms with van der Waals surface area (Å²) in [5.41, 5.74) is 7.63. The third-order valence-electron chi connectivity index (χ3n) is 6.78. The van der Waals surface area contributed by atoms with E-state index >= 15 is 0 Å². The SMILES string of the molecule is C#CCOCCNc1c(NCCCCCCO[C@]2(C(=O)O)C[C@H](O)[C@@H](NC(=O)CO)[C@H]([C@H](O)[C@H](O)CN=[N+]=[N-])O2)c(=O)c1=O. The number of hydrogen-bond donors (Lipinski definition) is 8.